The van der Waals surface area contributed by atoms with Crippen LogP contribution >= 0.6 is 0 Å². The van der Waals surface area contributed by atoms with Crippen molar-refractivity contribution < 1.29 is 4.79 Å². The van der Waals surface area contributed by atoms with Crippen LogP contribution in [0.1, 0.15) is 69.0 Å². The smallest absolute Gasteiger partial charge is 0.228 e. The van der Waals surface area contributed by atoms with E-state index in [9.17, 15) is 4.79 Å². The number of amides is 1. The number of anilines is 2. The van der Waals surface area contributed by atoms with Gasteiger partial charge in [-0.3, -0.25) is 9.78 Å². The number of benzene rings is 1. The summed E-state index contributed by atoms with van der Waals surface area (Å²) in [6, 6.07) is 10.9. The Morgan fingerprint density at radius 3 is 2.58 bits per heavy atom. The Kier molecular flexibility index (Phi) is 6.61. The molecular weight excluding hydrogens is 446 g/mol. The highest BCUT2D eigenvalue weighted by Crippen LogP contribution is 2.39. The number of carbonyl (C=O) groups excluding carboxylic acids is 1. The number of nitrogens with zero attached hydrogens (tertiary/aromatic N) is 3. The molecule has 3 aliphatic rings. The minimum atomic E-state index is 0.109. The van der Waals surface area contributed by atoms with E-state index in [0.717, 1.165) is 74.7 Å². The fourth-order valence-corrected chi connectivity index (χ4v) is 6.38. The van der Waals surface area contributed by atoms with Crippen LogP contribution in [0.5, 0.6) is 0 Å². The molecule has 6 heteroatoms. The van der Waals surface area contributed by atoms with Crippen molar-refractivity contribution in [1.29, 1.82) is 0 Å². The third-order valence-corrected chi connectivity index (χ3v) is 8.34. The molecule has 2 aromatic heterocycles. The Balaban J connectivity index is 1.37. The lowest BCUT2D eigenvalue weighted by molar-refractivity contribution is -0.120. The normalized spacial score (nSPS) is 20.8. The van der Waals surface area contributed by atoms with Gasteiger partial charge >= 0.3 is 0 Å². The van der Waals surface area contributed by atoms with Crippen molar-refractivity contribution in [1.82, 2.24) is 9.97 Å². The Labute approximate surface area is 213 Å². The van der Waals surface area contributed by atoms with Crippen LogP contribution < -0.4 is 16.0 Å². The predicted octanol–water partition coefficient (Wildman–Crippen LogP) is 5.62. The van der Waals surface area contributed by atoms with E-state index >= 15 is 0 Å². The van der Waals surface area contributed by atoms with Crippen molar-refractivity contribution in [2.45, 2.75) is 76.7 Å². The molecule has 6 rings (SSSR count). The van der Waals surface area contributed by atoms with Gasteiger partial charge in [0, 0.05) is 42.3 Å². The van der Waals surface area contributed by atoms with Gasteiger partial charge < -0.3 is 16.0 Å². The summed E-state index contributed by atoms with van der Waals surface area (Å²) < 4.78 is 0. The molecular formula is C30H37N5O. The molecule has 36 heavy (non-hydrogen) atoms. The number of fused-ring (bicyclic) bond motifs is 2. The summed E-state index contributed by atoms with van der Waals surface area (Å²) in [6.45, 7) is 1.91. The molecule has 1 amide bonds. The fourth-order valence-electron chi connectivity index (χ4n) is 6.38. The summed E-state index contributed by atoms with van der Waals surface area (Å²) in [5.41, 5.74) is 13.7. The lowest BCUT2D eigenvalue weighted by Crippen LogP contribution is -2.27. The second-order valence-corrected chi connectivity index (χ2v) is 10.9. The van der Waals surface area contributed by atoms with Crippen molar-refractivity contribution in [2.24, 2.45) is 11.7 Å². The number of nitrogens with two attached hydrogens (primary N) is 1. The van der Waals surface area contributed by atoms with Gasteiger partial charge in [-0.2, -0.15) is 0 Å². The Hall–Kier alpha value is -2.99. The molecule has 2 fully saturated rings. The van der Waals surface area contributed by atoms with E-state index in [1.165, 1.54) is 48.0 Å². The molecule has 3 N–H and O–H groups in total. The molecule has 0 spiro atoms. The number of hydrogen-bond donors (Lipinski definition) is 2. The third kappa shape index (κ3) is 4.71. The first-order chi connectivity index (χ1) is 17.7. The molecule has 6 nitrogen and oxygen atoms in total. The number of rotatable bonds is 4. The summed E-state index contributed by atoms with van der Waals surface area (Å²) in [5, 5.41) is 4.30. The molecule has 188 valence electrons. The van der Waals surface area contributed by atoms with Gasteiger partial charge in [0.2, 0.25) is 5.91 Å². The summed E-state index contributed by atoms with van der Waals surface area (Å²) in [4.78, 5) is 24.9. The molecule has 2 aliphatic carbocycles. The van der Waals surface area contributed by atoms with E-state index in [2.05, 4.69) is 33.4 Å². The average Bonchev–Trinajstić information content (AvgIpc) is 3.20. The number of aromatic nitrogens is 2. The van der Waals surface area contributed by atoms with Gasteiger partial charge in [0.15, 0.2) is 0 Å². The molecule has 1 unspecified atom stereocenters. The minimum Gasteiger partial charge on any atom is -0.369 e. The van der Waals surface area contributed by atoms with Crippen LogP contribution in [0, 0.1) is 5.92 Å². The van der Waals surface area contributed by atoms with Crippen LogP contribution in [-0.4, -0.2) is 35.0 Å². The van der Waals surface area contributed by atoms with Gasteiger partial charge in [0.25, 0.3) is 0 Å². The highest BCUT2D eigenvalue weighted by Gasteiger charge is 2.27. The van der Waals surface area contributed by atoms with Gasteiger partial charge in [0.05, 0.1) is 11.2 Å². The first-order valence-electron chi connectivity index (χ1n) is 13.9. The maximum atomic E-state index is 12.8. The standard InChI is InChI=1S/C30H37N5O/c31-23-14-16-35(19-23)29-24-9-5-2-6-10-26(24)33-27-12-11-21(17-25(27)29)22-13-15-32-28(18-22)34-30(36)20-7-3-1-4-8-20/h11-13,15,17-18,20,23H,1-10,14,16,19,31H2,(H,32,34,36). The second-order valence-electron chi connectivity index (χ2n) is 10.9. The largest absolute Gasteiger partial charge is 0.369 e. The van der Waals surface area contributed by atoms with Gasteiger partial charge in [-0.25, -0.2) is 4.98 Å². The fraction of sp³-hybridized carbons (Fsp3) is 0.500. The zero-order valence-corrected chi connectivity index (χ0v) is 21.1. The van der Waals surface area contributed by atoms with E-state index in [1.807, 2.05) is 12.1 Å². The SMILES string of the molecule is NC1CCN(c2c3c(nc4ccc(-c5ccnc(NC(=O)C6CCCCC6)c5)cc24)CCCCC3)C1. The first-order valence-corrected chi connectivity index (χ1v) is 13.9. The molecule has 3 aromatic rings. The first kappa shape index (κ1) is 23.4. The van der Waals surface area contributed by atoms with E-state index in [4.69, 9.17) is 10.7 Å². The van der Waals surface area contributed by atoms with E-state index in [-0.39, 0.29) is 17.9 Å². The lowest BCUT2D eigenvalue weighted by atomic mass is 9.89. The maximum Gasteiger partial charge on any atom is 0.228 e. The topological polar surface area (TPSA) is 84.1 Å². The number of nitrogens with one attached hydrogen (secondary N) is 1. The van der Waals surface area contributed by atoms with Crippen molar-refractivity contribution in [2.75, 3.05) is 23.3 Å². The molecule has 3 heterocycles. The zero-order valence-electron chi connectivity index (χ0n) is 21.1. The average molecular weight is 484 g/mol. The van der Waals surface area contributed by atoms with Gasteiger partial charge in [-0.05, 0) is 85.9 Å². The Morgan fingerprint density at radius 2 is 1.75 bits per heavy atom. The minimum absolute atomic E-state index is 0.109. The van der Waals surface area contributed by atoms with E-state index < -0.39 is 0 Å². The van der Waals surface area contributed by atoms with Crippen LogP contribution in [0.25, 0.3) is 22.0 Å². The summed E-state index contributed by atoms with van der Waals surface area (Å²) in [7, 11) is 0. The summed E-state index contributed by atoms with van der Waals surface area (Å²) in [6.07, 6.45) is 14.2. The van der Waals surface area contributed by atoms with Crippen LogP contribution in [0.2, 0.25) is 0 Å². The number of aryl methyl sites for hydroxylation is 1. The van der Waals surface area contributed by atoms with Gasteiger partial charge in [-0.15, -0.1) is 0 Å². The molecule has 1 aliphatic heterocycles. The summed E-state index contributed by atoms with van der Waals surface area (Å²) >= 11 is 0. The van der Waals surface area contributed by atoms with Crippen molar-refractivity contribution in [3.05, 3.63) is 47.8 Å². The number of hydrogen-bond acceptors (Lipinski definition) is 5. The molecule has 0 bridgehead atoms. The van der Waals surface area contributed by atoms with Crippen LogP contribution in [0.3, 0.4) is 0 Å². The van der Waals surface area contributed by atoms with Crippen LogP contribution in [-0.2, 0) is 17.6 Å². The molecule has 0 radical (unpaired) electrons. The Morgan fingerprint density at radius 1 is 0.944 bits per heavy atom. The van der Waals surface area contributed by atoms with Gasteiger partial charge in [0.1, 0.15) is 5.82 Å². The van der Waals surface area contributed by atoms with E-state index in [0.29, 0.717) is 5.82 Å². The number of carbonyl (C=O) groups is 1. The zero-order chi connectivity index (χ0) is 24.5. The predicted molar refractivity (Wildman–Crippen MR) is 146 cm³/mol. The van der Waals surface area contributed by atoms with Crippen molar-refractivity contribution >= 4 is 28.3 Å². The van der Waals surface area contributed by atoms with Gasteiger partial charge in [-0.1, -0.05) is 31.7 Å². The lowest BCUT2D eigenvalue weighted by Gasteiger charge is -2.25. The van der Waals surface area contributed by atoms with E-state index in [1.54, 1.807) is 6.20 Å². The second kappa shape index (κ2) is 10.2. The highest BCUT2D eigenvalue weighted by atomic mass is 16.1. The molecule has 1 saturated carbocycles. The third-order valence-electron chi connectivity index (χ3n) is 8.34. The van der Waals surface area contributed by atoms with Crippen molar-refractivity contribution in [3.8, 4) is 11.1 Å². The maximum absolute atomic E-state index is 12.8. The molecule has 1 saturated heterocycles. The molecule has 1 aromatic carbocycles. The van der Waals surface area contributed by atoms with Crippen LogP contribution in [0.15, 0.2) is 36.5 Å². The molecule has 1 atom stereocenters. The van der Waals surface area contributed by atoms with Crippen LogP contribution in [0.4, 0.5) is 11.5 Å². The summed E-state index contributed by atoms with van der Waals surface area (Å²) in [5.74, 6) is 0.854. The van der Waals surface area contributed by atoms with Crippen molar-refractivity contribution in [3.63, 3.8) is 0 Å². The monoisotopic (exact) mass is 483 g/mol. The number of pyridine rings is 2. The Bertz CT molecular complexity index is 1270. The highest BCUT2D eigenvalue weighted by molar-refractivity contribution is 5.97. The quantitative estimate of drug-likeness (QED) is 0.471.